The summed E-state index contributed by atoms with van der Waals surface area (Å²) in [5.41, 5.74) is 0. The first kappa shape index (κ1) is 12.8. The lowest BCUT2D eigenvalue weighted by atomic mass is 9.94. The molecule has 98 valence electrons. The van der Waals surface area contributed by atoms with E-state index in [1.807, 2.05) is 0 Å². The second-order valence-electron chi connectivity index (χ2n) is 5.61. The molecule has 0 spiro atoms. The van der Waals surface area contributed by atoms with Gasteiger partial charge in [-0.05, 0) is 39.3 Å². The summed E-state index contributed by atoms with van der Waals surface area (Å²) in [5, 5.41) is 3.33. The monoisotopic (exact) mass is 239 g/mol. The number of nitrogens with one attached hydrogen (secondary N) is 1. The Kier molecular flexibility index (Phi) is 4.40. The van der Waals surface area contributed by atoms with Crippen LogP contribution >= 0.6 is 0 Å². The molecule has 2 rings (SSSR count). The van der Waals surface area contributed by atoms with Crippen molar-refractivity contribution in [1.29, 1.82) is 0 Å². The van der Waals surface area contributed by atoms with Crippen molar-refractivity contribution in [3.63, 3.8) is 0 Å². The maximum atomic E-state index is 12.3. The van der Waals surface area contributed by atoms with Gasteiger partial charge in [-0.1, -0.05) is 0 Å². The fourth-order valence-corrected chi connectivity index (χ4v) is 3.02. The van der Waals surface area contributed by atoms with Crippen LogP contribution in [-0.2, 0) is 4.79 Å². The number of nitrogens with zero attached hydrogens (tertiary/aromatic N) is 2. The SMILES string of the molecule is CC1CNCCN1C(=O)CC1CCCN(C)C1. The van der Waals surface area contributed by atoms with Gasteiger partial charge in [-0.15, -0.1) is 0 Å². The number of amides is 1. The van der Waals surface area contributed by atoms with Gasteiger partial charge in [-0.25, -0.2) is 0 Å². The molecule has 17 heavy (non-hydrogen) atoms. The molecule has 2 heterocycles. The number of piperidine rings is 1. The molecule has 0 radical (unpaired) electrons. The van der Waals surface area contributed by atoms with Crippen LogP contribution in [0.1, 0.15) is 26.2 Å². The van der Waals surface area contributed by atoms with Gasteiger partial charge in [0, 0.05) is 38.6 Å². The molecular formula is C13H25N3O. The van der Waals surface area contributed by atoms with Gasteiger partial charge in [0.1, 0.15) is 0 Å². The molecule has 2 fully saturated rings. The van der Waals surface area contributed by atoms with E-state index < -0.39 is 0 Å². The summed E-state index contributed by atoms with van der Waals surface area (Å²) in [5.74, 6) is 0.933. The Hall–Kier alpha value is -0.610. The van der Waals surface area contributed by atoms with Gasteiger partial charge in [0.15, 0.2) is 0 Å². The molecule has 0 bridgehead atoms. The van der Waals surface area contributed by atoms with Gasteiger partial charge in [0.05, 0.1) is 0 Å². The zero-order valence-corrected chi connectivity index (χ0v) is 11.1. The van der Waals surface area contributed by atoms with Gasteiger partial charge in [0.25, 0.3) is 0 Å². The molecule has 0 aromatic rings. The highest BCUT2D eigenvalue weighted by atomic mass is 16.2. The summed E-state index contributed by atoms with van der Waals surface area (Å²) >= 11 is 0. The molecule has 1 N–H and O–H groups in total. The van der Waals surface area contributed by atoms with Crippen LogP contribution in [0.25, 0.3) is 0 Å². The molecule has 0 aliphatic carbocycles. The Morgan fingerprint density at radius 3 is 2.94 bits per heavy atom. The maximum Gasteiger partial charge on any atom is 0.223 e. The lowest BCUT2D eigenvalue weighted by Gasteiger charge is -2.36. The standard InChI is InChI=1S/C13H25N3O/c1-11-9-14-5-7-16(11)13(17)8-12-4-3-6-15(2)10-12/h11-12,14H,3-10H2,1-2H3. The minimum atomic E-state index is 0.359. The quantitative estimate of drug-likeness (QED) is 0.764. The van der Waals surface area contributed by atoms with Crippen LogP contribution in [0, 0.1) is 5.92 Å². The van der Waals surface area contributed by atoms with Gasteiger partial charge in [-0.2, -0.15) is 0 Å². The highest BCUT2D eigenvalue weighted by molar-refractivity contribution is 5.77. The lowest BCUT2D eigenvalue weighted by molar-refractivity contribution is -0.135. The normalized spacial score (nSPS) is 31.5. The average molecular weight is 239 g/mol. The van der Waals surface area contributed by atoms with Crippen LogP contribution in [0.3, 0.4) is 0 Å². The molecule has 2 aliphatic rings. The van der Waals surface area contributed by atoms with E-state index in [0.717, 1.165) is 32.6 Å². The Bertz CT molecular complexity index is 269. The number of hydrogen-bond donors (Lipinski definition) is 1. The van der Waals surface area contributed by atoms with E-state index in [1.54, 1.807) is 0 Å². The predicted octanol–water partition coefficient (Wildman–Crippen LogP) is 0.539. The third-order valence-electron chi connectivity index (χ3n) is 4.01. The number of carbonyl (C=O) groups excluding carboxylic acids is 1. The fraction of sp³-hybridized carbons (Fsp3) is 0.923. The third kappa shape index (κ3) is 3.42. The number of rotatable bonds is 2. The van der Waals surface area contributed by atoms with E-state index in [0.29, 0.717) is 17.9 Å². The molecule has 4 nitrogen and oxygen atoms in total. The first-order valence-corrected chi connectivity index (χ1v) is 6.85. The van der Waals surface area contributed by atoms with E-state index in [1.165, 1.54) is 19.4 Å². The lowest BCUT2D eigenvalue weighted by Crippen LogP contribution is -2.52. The highest BCUT2D eigenvalue weighted by Crippen LogP contribution is 2.20. The number of likely N-dealkylation sites (tertiary alicyclic amines) is 1. The Morgan fingerprint density at radius 1 is 1.41 bits per heavy atom. The highest BCUT2D eigenvalue weighted by Gasteiger charge is 2.26. The Labute approximate surface area is 104 Å². The summed E-state index contributed by atoms with van der Waals surface area (Å²) in [7, 11) is 2.16. The van der Waals surface area contributed by atoms with Crippen LogP contribution < -0.4 is 5.32 Å². The summed E-state index contributed by atoms with van der Waals surface area (Å²) in [6, 6.07) is 0.359. The molecule has 2 unspecified atom stereocenters. The Balaban J connectivity index is 1.83. The van der Waals surface area contributed by atoms with E-state index in [4.69, 9.17) is 0 Å². The van der Waals surface area contributed by atoms with E-state index in [-0.39, 0.29) is 0 Å². The van der Waals surface area contributed by atoms with Crippen molar-refractivity contribution in [1.82, 2.24) is 15.1 Å². The maximum absolute atomic E-state index is 12.3. The van der Waals surface area contributed by atoms with Crippen LogP contribution in [0.2, 0.25) is 0 Å². The van der Waals surface area contributed by atoms with Gasteiger partial charge in [0.2, 0.25) is 5.91 Å². The van der Waals surface area contributed by atoms with Gasteiger partial charge < -0.3 is 15.1 Å². The number of carbonyl (C=O) groups is 1. The van der Waals surface area contributed by atoms with Crippen molar-refractivity contribution in [2.24, 2.45) is 5.92 Å². The average Bonchev–Trinajstić information content (AvgIpc) is 2.29. The van der Waals surface area contributed by atoms with Crippen LogP contribution in [0.15, 0.2) is 0 Å². The molecule has 2 atom stereocenters. The molecule has 2 aliphatic heterocycles. The Morgan fingerprint density at radius 2 is 2.24 bits per heavy atom. The molecular weight excluding hydrogens is 214 g/mol. The fourth-order valence-electron chi connectivity index (χ4n) is 3.02. The van der Waals surface area contributed by atoms with Crippen molar-refractivity contribution in [2.75, 3.05) is 39.8 Å². The molecule has 0 aromatic carbocycles. The van der Waals surface area contributed by atoms with Crippen molar-refractivity contribution in [3.8, 4) is 0 Å². The predicted molar refractivity (Wildman–Crippen MR) is 68.9 cm³/mol. The van der Waals surface area contributed by atoms with Crippen molar-refractivity contribution < 1.29 is 4.79 Å². The molecule has 4 heteroatoms. The summed E-state index contributed by atoms with van der Waals surface area (Å²) in [6.07, 6.45) is 3.21. The molecule has 0 aromatic heterocycles. The van der Waals surface area contributed by atoms with Crippen LogP contribution in [0.4, 0.5) is 0 Å². The zero-order valence-electron chi connectivity index (χ0n) is 11.1. The summed E-state index contributed by atoms with van der Waals surface area (Å²) < 4.78 is 0. The van der Waals surface area contributed by atoms with Crippen LogP contribution in [-0.4, -0.2) is 61.5 Å². The minimum Gasteiger partial charge on any atom is -0.337 e. The molecule has 0 saturated carbocycles. The zero-order chi connectivity index (χ0) is 12.3. The van der Waals surface area contributed by atoms with Crippen molar-refractivity contribution in [3.05, 3.63) is 0 Å². The number of piperazine rings is 1. The first-order chi connectivity index (χ1) is 8.16. The first-order valence-electron chi connectivity index (χ1n) is 6.85. The van der Waals surface area contributed by atoms with Crippen LogP contribution in [0.5, 0.6) is 0 Å². The molecule has 1 amide bonds. The smallest absolute Gasteiger partial charge is 0.223 e. The van der Waals surface area contributed by atoms with Gasteiger partial charge in [-0.3, -0.25) is 4.79 Å². The molecule has 2 saturated heterocycles. The van der Waals surface area contributed by atoms with E-state index in [9.17, 15) is 4.79 Å². The van der Waals surface area contributed by atoms with Crippen molar-refractivity contribution in [2.45, 2.75) is 32.2 Å². The summed E-state index contributed by atoms with van der Waals surface area (Å²) in [4.78, 5) is 16.7. The largest absolute Gasteiger partial charge is 0.337 e. The summed E-state index contributed by atoms with van der Waals surface area (Å²) in [6.45, 7) is 7.18. The minimum absolute atomic E-state index is 0.359. The van der Waals surface area contributed by atoms with Gasteiger partial charge >= 0.3 is 0 Å². The second-order valence-corrected chi connectivity index (χ2v) is 5.61. The van der Waals surface area contributed by atoms with Crippen molar-refractivity contribution >= 4 is 5.91 Å². The number of hydrogen-bond acceptors (Lipinski definition) is 3. The van der Waals surface area contributed by atoms with E-state index in [2.05, 4.69) is 29.1 Å². The third-order valence-corrected chi connectivity index (χ3v) is 4.01. The topological polar surface area (TPSA) is 35.6 Å². The van der Waals surface area contributed by atoms with E-state index >= 15 is 0 Å². The second kappa shape index (κ2) is 5.83.